The van der Waals surface area contributed by atoms with Gasteiger partial charge in [-0.3, -0.25) is 4.79 Å². The van der Waals surface area contributed by atoms with E-state index in [1.807, 2.05) is 26.0 Å². The second-order valence-electron chi connectivity index (χ2n) is 5.89. The number of rotatable bonds is 8. The summed E-state index contributed by atoms with van der Waals surface area (Å²) in [6, 6.07) is 13.5. The molecule has 1 atom stereocenters. The molecule has 0 radical (unpaired) electrons. The van der Waals surface area contributed by atoms with E-state index in [0.29, 0.717) is 23.5 Å². The molecule has 1 N–H and O–H groups in total. The fourth-order valence-corrected chi connectivity index (χ4v) is 2.38. The van der Waals surface area contributed by atoms with Crippen LogP contribution in [0.15, 0.2) is 48.5 Å². The minimum Gasteiger partial charge on any atom is -0.550 e. The van der Waals surface area contributed by atoms with Crippen LogP contribution in [0.5, 0.6) is 5.75 Å². The lowest BCUT2D eigenvalue weighted by Gasteiger charge is -2.20. The van der Waals surface area contributed by atoms with Crippen molar-refractivity contribution in [2.45, 2.75) is 32.7 Å². The number of amides is 1. The van der Waals surface area contributed by atoms with E-state index < -0.39 is 12.0 Å². The molecule has 2 aromatic rings. The molecule has 0 aliphatic carbocycles. The summed E-state index contributed by atoms with van der Waals surface area (Å²) in [5.41, 5.74) is 2.22. The molecule has 132 valence electrons. The number of hydrogen-bond donors (Lipinski definition) is 1. The Bertz CT molecular complexity index is 707. The molecule has 1 amide bonds. The van der Waals surface area contributed by atoms with Gasteiger partial charge in [-0.1, -0.05) is 36.8 Å². The van der Waals surface area contributed by atoms with Crippen LogP contribution >= 0.6 is 0 Å². The number of carbonyl (C=O) groups is 2. The summed E-state index contributed by atoms with van der Waals surface area (Å²) in [7, 11) is 0. The zero-order valence-electron chi connectivity index (χ0n) is 14.5. The highest BCUT2D eigenvalue weighted by atomic mass is 16.5. The van der Waals surface area contributed by atoms with Gasteiger partial charge >= 0.3 is 0 Å². The number of ether oxygens (including phenoxy) is 1. The van der Waals surface area contributed by atoms with E-state index in [4.69, 9.17) is 4.74 Å². The van der Waals surface area contributed by atoms with Crippen LogP contribution in [0.2, 0.25) is 0 Å². The number of aryl methyl sites for hydroxylation is 1. The fraction of sp³-hybridized carbons (Fsp3) is 0.300. The van der Waals surface area contributed by atoms with Crippen LogP contribution in [-0.4, -0.2) is 18.5 Å². The maximum atomic E-state index is 12.4. The van der Waals surface area contributed by atoms with Crippen molar-refractivity contribution < 1.29 is 19.4 Å². The van der Waals surface area contributed by atoms with Crippen LogP contribution in [0.1, 0.15) is 47.3 Å². The summed E-state index contributed by atoms with van der Waals surface area (Å²) >= 11 is 0. The van der Waals surface area contributed by atoms with Crippen LogP contribution in [0.25, 0.3) is 0 Å². The number of carbonyl (C=O) groups excluding carboxylic acids is 2. The van der Waals surface area contributed by atoms with E-state index in [1.165, 1.54) is 0 Å². The summed E-state index contributed by atoms with van der Waals surface area (Å²) in [5, 5.41) is 13.8. The predicted octanol–water partition coefficient (Wildman–Crippen LogP) is 2.39. The highest BCUT2D eigenvalue weighted by molar-refractivity contribution is 5.94. The number of hydrogen-bond acceptors (Lipinski definition) is 4. The predicted molar refractivity (Wildman–Crippen MR) is 93.2 cm³/mol. The Labute approximate surface area is 147 Å². The normalized spacial score (nSPS) is 11.6. The summed E-state index contributed by atoms with van der Waals surface area (Å²) in [5.74, 6) is -0.833. The quantitative estimate of drug-likeness (QED) is 0.800. The minimum atomic E-state index is -1.22. The summed E-state index contributed by atoms with van der Waals surface area (Å²) in [6.45, 7) is 4.57. The third-order valence-corrected chi connectivity index (χ3v) is 3.75. The Morgan fingerprint density at radius 1 is 1.08 bits per heavy atom. The van der Waals surface area contributed by atoms with Gasteiger partial charge in [-0.05, 0) is 43.2 Å². The van der Waals surface area contributed by atoms with E-state index in [9.17, 15) is 14.7 Å². The van der Waals surface area contributed by atoms with Gasteiger partial charge < -0.3 is 20.0 Å². The maximum absolute atomic E-state index is 12.4. The van der Waals surface area contributed by atoms with Crippen LogP contribution in [-0.2, 0) is 4.79 Å². The molecule has 0 saturated carbocycles. The van der Waals surface area contributed by atoms with Gasteiger partial charge in [0.15, 0.2) is 0 Å². The molecule has 0 saturated heterocycles. The van der Waals surface area contributed by atoms with Crippen LogP contribution in [0.4, 0.5) is 0 Å². The van der Waals surface area contributed by atoms with Crippen molar-refractivity contribution in [1.29, 1.82) is 0 Å². The van der Waals surface area contributed by atoms with Crippen molar-refractivity contribution in [2.24, 2.45) is 0 Å². The Morgan fingerprint density at radius 3 is 2.28 bits per heavy atom. The lowest BCUT2D eigenvalue weighted by Crippen LogP contribution is -2.34. The smallest absolute Gasteiger partial charge is 0.251 e. The standard InChI is InChI=1S/C20H23NO4/c1-3-12-25-17-10-8-15(9-11-17)18(13-19(22)23)21-20(24)16-6-4-14(2)5-7-16/h4-11,18H,3,12-13H2,1-2H3,(H,21,24)(H,22,23)/p-1. The molecule has 1 unspecified atom stereocenters. The number of nitrogens with one attached hydrogen (secondary N) is 1. The fourth-order valence-electron chi connectivity index (χ4n) is 2.38. The number of carboxylic acids is 1. The van der Waals surface area contributed by atoms with Gasteiger partial charge in [0.25, 0.3) is 5.91 Å². The molecular weight excluding hydrogens is 318 g/mol. The van der Waals surface area contributed by atoms with Crippen molar-refractivity contribution in [3.63, 3.8) is 0 Å². The zero-order chi connectivity index (χ0) is 18.2. The molecule has 5 heteroatoms. The molecule has 0 spiro atoms. The average molecular weight is 340 g/mol. The van der Waals surface area contributed by atoms with Gasteiger partial charge in [-0.2, -0.15) is 0 Å². The second kappa shape index (κ2) is 8.87. The van der Waals surface area contributed by atoms with Gasteiger partial charge in [0.1, 0.15) is 5.75 Å². The Kier molecular flexibility index (Phi) is 6.57. The van der Waals surface area contributed by atoms with Crippen molar-refractivity contribution in [2.75, 3.05) is 6.61 Å². The number of carboxylic acid groups (broad SMARTS) is 1. The van der Waals surface area contributed by atoms with E-state index in [0.717, 1.165) is 12.0 Å². The average Bonchev–Trinajstić information content (AvgIpc) is 2.60. The van der Waals surface area contributed by atoms with Gasteiger partial charge in [0.2, 0.25) is 0 Å². The molecule has 0 bridgehead atoms. The molecule has 2 rings (SSSR count). The molecule has 0 heterocycles. The molecule has 2 aromatic carbocycles. The minimum absolute atomic E-state index is 0.299. The van der Waals surface area contributed by atoms with E-state index in [1.54, 1.807) is 36.4 Å². The first-order valence-corrected chi connectivity index (χ1v) is 8.29. The first kappa shape index (κ1) is 18.5. The third-order valence-electron chi connectivity index (χ3n) is 3.75. The molecule has 0 aliphatic rings. The number of benzene rings is 2. The lowest BCUT2D eigenvalue weighted by atomic mass is 10.0. The van der Waals surface area contributed by atoms with Crippen molar-refractivity contribution in [3.8, 4) is 5.75 Å². The van der Waals surface area contributed by atoms with Gasteiger partial charge in [0, 0.05) is 18.0 Å². The molecular formula is C20H22NO4-. The Hall–Kier alpha value is -2.82. The highest BCUT2D eigenvalue weighted by Crippen LogP contribution is 2.21. The summed E-state index contributed by atoms with van der Waals surface area (Å²) in [4.78, 5) is 23.4. The van der Waals surface area contributed by atoms with E-state index >= 15 is 0 Å². The largest absolute Gasteiger partial charge is 0.550 e. The SMILES string of the molecule is CCCOc1ccc(C(CC(=O)[O-])NC(=O)c2ccc(C)cc2)cc1. The molecule has 0 fully saturated rings. The third kappa shape index (κ3) is 5.64. The molecule has 25 heavy (non-hydrogen) atoms. The van der Waals surface area contributed by atoms with Gasteiger partial charge in [-0.25, -0.2) is 0 Å². The monoisotopic (exact) mass is 340 g/mol. The van der Waals surface area contributed by atoms with E-state index in [-0.39, 0.29) is 12.3 Å². The molecule has 0 aliphatic heterocycles. The lowest BCUT2D eigenvalue weighted by molar-refractivity contribution is -0.306. The Morgan fingerprint density at radius 2 is 1.72 bits per heavy atom. The van der Waals surface area contributed by atoms with Crippen LogP contribution in [0, 0.1) is 6.92 Å². The highest BCUT2D eigenvalue weighted by Gasteiger charge is 2.16. The topological polar surface area (TPSA) is 78.5 Å². The zero-order valence-corrected chi connectivity index (χ0v) is 14.5. The second-order valence-corrected chi connectivity index (χ2v) is 5.89. The van der Waals surface area contributed by atoms with Gasteiger partial charge in [0.05, 0.1) is 12.6 Å². The van der Waals surface area contributed by atoms with Crippen molar-refractivity contribution in [1.82, 2.24) is 5.32 Å². The van der Waals surface area contributed by atoms with Gasteiger partial charge in [-0.15, -0.1) is 0 Å². The molecule has 5 nitrogen and oxygen atoms in total. The maximum Gasteiger partial charge on any atom is 0.251 e. The summed E-state index contributed by atoms with van der Waals surface area (Å²) < 4.78 is 5.52. The number of aliphatic carboxylic acids is 1. The molecule has 0 aromatic heterocycles. The first-order valence-electron chi connectivity index (χ1n) is 8.29. The first-order chi connectivity index (χ1) is 12.0. The van der Waals surface area contributed by atoms with E-state index in [2.05, 4.69) is 5.32 Å². The van der Waals surface area contributed by atoms with Crippen LogP contribution < -0.4 is 15.2 Å². The Balaban J connectivity index is 2.13. The summed E-state index contributed by atoms with van der Waals surface area (Å²) in [6.07, 6.45) is 0.606. The van der Waals surface area contributed by atoms with Crippen molar-refractivity contribution in [3.05, 3.63) is 65.2 Å². The van der Waals surface area contributed by atoms with Crippen LogP contribution in [0.3, 0.4) is 0 Å². The van der Waals surface area contributed by atoms with Crippen molar-refractivity contribution >= 4 is 11.9 Å².